The Morgan fingerprint density at radius 1 is 1.19 bits per heavy atom. The second-order valence-electron chi connectivity index (χ2n) is 6.01. The molecule has 0 saturated carbocycles. The molecule has 2 rings (SSSR count). The Morgan fingerprint density at radius 2 is 1.81 bits per heavy atom. The molecule has 0 aromatic heterocycles. The normalized spacial score (nSPS) is 22.6. The smallest absolute Gasteiger partial charge is 0.246 e. The van der Waals surface area contributed by atoms with Crippen molar-refractivity contribution in [2.45, 2.75) is 58.7 Å². The van der Waals surface area contributed by atoms with E-state index in [1.807, 2.05) is 19.1 Å². The highest BCUT2D eigenvalue weighted by Crippen LogP contribution is 2.19. The monoisotopic (exact) mass is 288 g/mol. The minimum Gasteiger partial charge on any atom is -0.343 e. The lowest BCUT2D eigenvalue weighted by atomic mass is 10.0. The van der Waals surface area contributed by atoms with Gasteiger partial charge in [0, 0.05) is 6.54 Å². The van der Waals surface area contributed by atoms with Gasteiger partial charge in [-0.1, -0.05) is 45.0 Å². The fraction of sp³-hybridized carbons (Fsp3) is 0.529. The average Bonchev–Trinajstić information content (AvgIpc) is 2.47. The molecule has 2 unspecified atom stereocenters. The van der Waals surface area contributed by atoms with Gasteiger partial charge in [0.25, 0.3) is 0 Å². The van der Waals surface area contributed by atoms with Gasteiger partial charge in [-0.05, 0) is 30.4 Å². The molecule has 114 valence electrons. The summed E-state index contributed by atoms with van der Waals surface area (Å²) in [6.45, 7) is 8.49. The van der Waals surface area contributed by atoms with Crippen molar-refractivity contribution < 1.29 is 9.59 Å². The van der Waals surface area contributed by atoms with Crippen molar-refractivity contribution in [3.63, 3.8) is 0 Å². The van der Waals surface area contributed by atoms with Crippen LogP contribution in [0.1, 0.15) is 51.2 Å². The van der Waals surface area contributed by atoms with Crippen LogP contribution in [0.3, 0.4) is 0 Å². The molecule has 0 radical (unpaired) electrons. The van der Waals surface area contributed by atoms with Crippen molar-refractivity contribution in [3.05, 3.63) is 35.4 Å². The Hall–Kier alpha value is -1.84. The van der Waals surface area contributed by atoms with E-state index in [1.54, 1.807) is 11.8 Å². The number of rotatable bonds is 4. The minimum atomic E-state index is -0.412. The second-order valence-corrected chi connectivity index (χ2v) is 6.01. The highest BCUT2D eigenvalue weighted by atomic mass is 16.2. The minimum absolute atomic E-state index is 0.0116. The summed E-state index contributed by atoms with van der Waals surface area (Å²) in [7, 11) is 0. The zero-order valence-corrected chi connectivity index (χ0v) is 13.2. The number of piperazine rings is 1. The Bertz CT molecular complexity index is 522. The molecule has 1 aliphatic heterocycles. The summed E-state index contributed by atoms with van der Waals surface area (Å²) in [5.74, 6) is 0.433. The lowest BCUT2D eigenvalue weighted by Crippen LogP contribution is -2.61. The Labute approximate surface area is 126 Å². The quantitative estimate of drug-likeness (QED) is 0.925. The van der Waals surface area contributed by atoms with E-state index >= 15 is 0 Å². The number of amides is 2. The topological polar surface area (TPSA) is 49.4 Å². The molecule has 1 aromatic rings. The molecule has 4 heteroatoms. The molecule has 0 aliphatic carbocycles. The summed E-state index contributed by atoms with van der Waals surface area (Å²) in [5.41, 5.74) is 2.34. The van der Waals surface area contributed by atoms with Crippen LogP contribution in [-0.2, 0) is 16.1 Å². The third-order valence-electron chi connectivity index (χ3n) is 4.15. The number of hydrogen-bond donors (Lipinski definition) is 1. The van der Waals surface area contributed by atoms with Gasteiger partial charge >= 0.3 is 0 Å². The predicted octanol–water partition coefficient (Wildman–Crippen LogP) is 2.44. The van der Waals surface area contributed by atoms with Gasteiger partial charge in [-0.2, -0.15) is 0 Å². The molecule has 0 spiro atoms. The van der Waals surface area contributed by atoms with Gasteiger partial charge < -0.3 is 10.2 Å². The average molecular weight is 288 g/mol. The van der Waals surface area contributed by atoms with Gasteiger partial charge in [0.1, 0.15) is 12.1 Å². The van der Waals surface area contributed by atoms with Crippen LogP contribution < -0.4 is 5.32 Å². The molecule has 2 atom stereocenters. The summed E-state index contributed by atoms with van der Waals surface area (Å²) in [6, 6.07) is 7.48. The predicted molar refractivity (Wildman–Crippen MR) is 82.8 cm³/mol. The second kappa shape index (κ2) is 6.29. The zero-order valence-electron chi connectivity index (χ0n) is 13.2. The molecular weight excluding hydrogens is 264 g/mol. The first-order valence-corrected chi connectivity index (χ1v) is 7.63. The number of nitrogens with one attached hydrogen (secondary N) is 1. The standard InChI is InChI=1S/C17H24N2O2/c1-5-15-17(21)19(12(4)16(20)18-15)10-13-6-8-14(9-7-13)11(2)3/h6-9,11-12,15H,5,10H2,1-4H3,(H,18,20). The first kappa shape index (κ1) is 15.5. The maximum absolute atomic E-state index is 12.4. The van der Waals surface area contributed by atoms with E-state index in [2.05, 4.69) is 31.3 Å². The maximum Gasteiger partial charge on any atom is 0.246 e. The number of carbonyl (C=O) groups is 2. The van der Waals surface area contributed by atoms with Crippen molar-refractivity contribution in [2.24, 2.45) is 0 Å². The Balaban J connectivity index is 2.15. The van der Waals surface area contributed by atoms with Crippen molar-refractivity contribution in [1.29, 1.82) is 0 Å². The largest absolute Gasteiger partial charge is 0.343 e. The molecule has 21 heavy (non-hydrogen) atoms. The summed E-state index contributed by atoms with van der Waals surface area (Å²) in [4.78, 5) is 26.0. The van der Waals surface area contributed by atoms with E-state index in [0.29, 0.717) is 18.9 Å². The van der Waals surface area contributed by atoms with Crippen LogP contribution in [0, 0.1) is 0 Å². The number of hydrogen-bond acceptors (Lipinski definition) is 2. The Kier molecular flexibility index (Phi) is 4.66. The highest BCUT2D eigenvalue weighted by Gasteiger charge is 2.36. The van der Waals surface area contributed by atoms with E-state index in [1.165, 1.54) is 5.56 Å². The molecule has 4 nitrogen and oxygen atoms in total. The van der Waals surface area contributed by atoms with E-state index in [4.69, 9.17) is 0 Å². The van der Waals surface area contributed by atoms with Gasteiger partial charge in [-0.3, -0.25) is 9.59 Å². The van der Waals surface area contributed by atoms with Crippen molar-refractivity contribution in [3.8, 4) is 0 Å². The van der Waals surface area contributed by atoms with E-state index in [0.717, 1.165) is 5.56 Å². The molecule has 1 fully saturated rings. The molecule has 1 aliphatic rings. The van der Waals surface area contributed by atoms with Gasteiger partial charge in [-0.15, -0.1) is 0 Å². The fourth-order valence-electron chi connectivity index (χ4n) is 2.58. The summed E-state index contributed by atoms with van der Waals surface area (Å²) >= 11 is 0. The molecule has 0 bridgehead atoms. The SMILES string of the molecule is CCC1NC(=O)C(C)N(Cc2ccc(C(C)C)cc2)C1=O. The molecule has 1 saturated heterocycles. The van der Waals surface area contributed by atoms with Crippen LogP contribution in [0.4, 0.5) is 0 Å². The fourth-order valence-corrected chi connectivity index (χ4v) is 2.58. The molecule has 1 N–H and O–H groups in total. The van der Waals surface area contributed by atoms with Crippen molar-refractivity contribution in [1.82, 2.24) is 10.2 Å². The molecule has 2 amide bonds. The number of carbonyl (C=O) groups excluding carboxylic acids is 2. The number of benzene rings is 1. The first-order chi connectivity index (χ1) is 9.93. The number of nitrogens with zero attached hydrogens (tertiary/aromatic N) is 1. The zero-order chi connectivity index (χ0) is 15.6. The van der Waals surface area contributed by atoms with E-state index in [-0.39, 0.29) is 17.9 Å². The van der Waals surface area contributed by atoms with E-state index in [9.17, 15) is 9.59 Å². The van der Waals surface area contributed by atoms with Gasteiger partial charge in [0.05, 0.1) is 0 Å². The summed E-state index contributed by atoms with van der Waals surface area (Å²) in [5, 5.41) is 2.78. The highest BCUT2D eigenvalue weighted by molar-refractivity contribution is 5.96. The van der Waals surface area contributed by atoms with Crippen LogP contribution >= 0.6 is 0 Å². The maximum atomic E-state index is 12.4. The third-order valence-corrected chi connectivity index (χ3v) is 4.15. The van der Waals surface area contributed by atoms with Gasteiger partial charge in [0.15, 0.2) is 0 Å². The summed E-state index contributed by atoms with van der Waals surface area (Å²) < 4.78 is 0. The summed E-state index contributed by atoms with van der Waals surface area (Å²) in [6.07, 6.45) is 0.625. The van der Waals surface area contributed by atoms with Crippen molar-refractivity contribution in [2.75, 3.05) is 0 Å². The van der Waals surface area contributed by atoms with E-state index < -0.39 is 6.04 Å². The van der Waals surface area contributed by atoms with Crippen LogP contribution in [0.2, 0.25) is 0 Å². The third kappa shape index (κ3) is 3.26. The van der Waals surface area contributed by atoms with Crippen LogP contribution in [0.5, 0.6) is 0 Å². The molecular formula is C17H24N2O2. The van der Waals surface area contributed by atoms with Crippen molar-refractivity contribution >= 4 is 11.8 Å². The van der Waals surface area contributed by atoms with Crippen LogP contribution in [-0.4, -0.2) is 28.8 Å². The lowest BCUT2D eigenvalue weighted by Gasteiger charge is -2.37. The molecule has 1 aromatic carbocycles. The first-order valence-electron chi connectivity index (χ1n) is 7.63. The lowest BCUT2D eigenvalue weighted by molar-refractivity contribution is -0.149. The van der Waals surface area contributed by atoms with Gasteiger partial charge in [-0.25, -0.2) is 0 Å². The van der Waals surface area contributed by atoms with Crippen LogP contribution in [0.25, 0.3) is 0 Å². The Morgan fingerprint density at radius 3 is 2.33 bits per heavy atom. The molecule has 1 heterocycles. The van der Waals surface area contributed by atoms with Gasteiger partial charge in [0.2, 0.25) is 11.8 Å². The van der Waals surface area contributed by atoms with Crippen LogP contribution in [0.15, 0.2) is 24.3 Å².